The fourth-order valence-electron chi connectivity index (χ4n) is 2.54. The minimum atomic E-state index is 0.475. The lowest BCUT2D eigenvalue weighted by Crippen LogP contribution is -2.21. The first-order chi connectivity index (χ1) is 9.83. The second-order valence-corrected chi connectivity index (χ2v) is 5.10. The normalized spacial score (nSPS) is 15.2. The summed E-state index contributed by atoms with van der Waals surface area (Å²) in [5.41, 5.74) is 1.66. The number of hydrogen-bond donors (Lipinski definition) is 1. The molecule has 1 aromatic rings. The van der Waals surface area contributed by atoms with Gasteiger partial charge in [-0.05, 0) is 30.5 Å². The van der Waals surface area contributed by atoms with Crippen LogP contribution in [0.1, 0.15) is 36.8 Å². The third-order valence-corrected chi connectivity index (χ3v) is 3.65. The zero-order valence-corrected chi connectivity index (χ0v) is 12.0. The molecule has 4 nitrogen and oxygen atoms in total. The Balaban J connectivity index is 1.69. The predicted molar refractivity (Wildman–Crippen MR) is 77.6 cm³/mol. The second kappa shape index (κ2) is 7.88. The van der Waals surface area contributed by atoms with E-state index in [4.69, 9.17) is 14.7 Å². The van der Waals surface area contributed by atoms with E-state index in [1.807, 2.05) is 18.2 Å². The molecule has 108 valence electrons. The molecule has 1 N–H and O–H groups in total. The summed E-state index contributed by atoms with van der Waals surface area (Å²) >= 11 is 0. The second-order valence-electron chi connectivity index (χ2n) is 5.10. The Morgan fingerprint density at radius 2 is 2.15 bits per heavy atom. The highest BCUT2D eigenvalue weighted by atomic mass is 16.5. The average Bonchev–Trinajstić information content (AvgIpc) is 3.00. The first-order valence-electron chi connectivity index (χ1n) is 7.23. The van der Waals surface area contributed by atoms with E-state index in [2.05, 4.69) is 11.4 Å². The van der Waals surface area contributed by atoms with E-state index in [-0.39, 0.29) is 0 Å². The summed E-state index contributed by atoms with van der Waals surface area (Å²) in [5, 5.41) is 12.4. The molecule has 0 saturated heterocycles. The van der Waals surface area contributed by atoms with Crippen molar-refractivity contribution >= 4 is 0 Å². The number of hydrogen-bond acceptors (Lipinski definition) is 4. The van der Waals surface area contributed by atoms with Crippen LogP contribution in [0.3, 0.4) is 0 Å². The number of benzene rings is 1. The fourth-order valence-corrected chi connectivity index (χ4v) is 2.54. The molecule has 0 atom stereocenters. The minimum Gasteiger partial charge on any atom is -0.495 e. The van der Waals surface area contributed by atoms with E-state index in [0.717, 1.165) is 25.3 Å². The van der Waals surface area contributed by atoms with Crippen molar-refractivity contribution in [1.29, 1.82) is 5.26 Å². The van der Waals surface area contributed by atoms with Gasteiger partial charge >= 0.3 is 0 Å². The van der Waals surface area contributed by atoms with Crippen LogP contribution in [0.2, 0.25) is 0 Å². The van der Waals surface area contributed by atoms with E-state index < -0.39 is 0 Å². The molecule has 0 spiro atoms. The maximum atomic E-state index is 9.03. The number of ether oxygens (including phenoxy) is 2. The molecule has 4 heteroatoms. The van der Waals surface area contributed by atoms with Crippen LogP contribution in [0.5, 0.6) is 5.75 Å². The molecular formula is C16H22N2O2. The standard InChI is InChI=1S/C16H22N2O2/c1-19-16-7-6-13(10-14(16)11-17)12-18-8-9-20-15-4-2-3-5-15/h6-7,10,15,18H,2-5,8-9,12H2,1H3. The van der Waals surface area contributed by atoms with Gasteiger partial charge in [0.05, 0.1) is 25.4 Å². The van der Waals surface area contributed by atoms with Gasteiger partial charge in [-0.3, -0.25) is 0 Å². The molecule has 0 aromatic heterocycles. The molecule has 0 radical (unpaired) electrons. The maximum Gasteiger partial charge on any atom is 0.136 e. The quantitative estimate of drug-likeness (QED) is 0.777. The van der Waals surface area contributed by atoms with Gasteiger partial charge in [0.1, 0.15) is 11.8 Å². The van der Waals surface area contributed by atoms with Gasteiger partial charge in [0.25, 0.3) is 0 Å². The summed E-state index contributed by atoms with van der Waals surface area (Å²) in [5.74, 6) is 0.626. The highest BCUT2D eigenvalue weighted by molar-refractivity contribution is 5.45. The Bertz CT molecular complexity index is 462. The largest absolute Gasteiger partial charge is 0.495 e. The Hall–Kier alpha value is -1.57. The van der Waals surface area contributed by atoms with Crippen molar-refractivity contribution in [1.82, 2.24) is 5.32 Å². The van der Waals surface area contributed by atoms with Crippen molar-refractivity contribution in [2.75, 3.05) is 20.3 Å². The van der Waals surface area contributed by atoms with Crippen LogP contribution < -0.4 is 10.1 Å². The highest BCUT2D eigenvalue weighted by Crippen LogP contribution is 2.20. The number of nitriles is 1. The summed E-state index contributed by atoms with van der Waals surface area (Å²) in [6, 6.07) is 7.83. The minimum absolute atomic E-state index is 0.475. The zero-order valence-electron chi connectivity index (χ0n) is 12.0. The van der Waals surface area contributed by atoms with Crippen LogP contribution in [0, 0.1) is 11.3 Å². The van der Waals surface area contributed by atoms with Crippen molar-refractivity contribution in [3.63, 3.8) is 0 Å². The number of methoxy groups -OCH3 is 1. The van der Waals surface area contributed by atoms with Crippen molar-refractivity contribution in [3.05, 3.63) is 29.3 Å². The van der Waals surface area contributed by atoms with Crippen molar-refractivity contribution in [3.8, 4) is 11.8 Å². The fraction of sp³-hybridized carbons (Fsp3) is 0.562. The molecule has 1 fully saturated rings. The van der Waals surface area contributed by atoms with Gasteiger partial charge in [0, 0.05) is 13.1 Å². The summed E-state index contributed by atoms with van der Waals surface area (Å²) in [6.07, 6.45) is 5.51. The van der Waals surface area contributed by atoms with Crippen LogP contribution in [0.15, 0.2) is 18.2 Å². The lowest BCUT2D eigenvalue weighted by atomic mass is 10.1. The van der Waals surface area contributed by atoms with Crippen molar-refractivity contribution < 1.29 is 9.47 Å². The Kier molecular flexibility index (Phi) is 5.85. The van der Waals surface area contributed by atoms with Crippen LogP contribution in [-0.4, -0.2) is 26.4 Å². The molecule has 20 heavy (non-hydrogen) atoms. The van der Waals surface area contributed by atoms with Gasteiger partial charge < -0.3 is 14.8 Å². The lowest BCUT2D eigenvalue weighted by Gasteiger charge is -2.11. The van der Waals surface area contributed by atoms with Gasteiger partial charge in [-0.15, -0.1) is 0 Å². The molecule has 1 aromatic carbocycles. The summed E-state index contributed by atoms with van der Waals surface area (Å²) in [7, 11) is 1.58. The zero-order chi connectivity index (χ0) is 14.2. The molecule has 0 bridgehead atoms. The van der Waals surface area contributed by atoms with Crippen molar-refractivity contribution in [2.24, 2.45) is 0 Å². The van der Waals surface area contributed by atoms with E-state index in [1.54, 1.807) is 7.11 Å². The number of nitrogens with zero attached hydrogens (tertiary/aromatic N) is 1. The third kappa shape index (κ3) is 4.22. The van der Waals surface area contributed by atoms with E-state index in [1.165, 1.54) is 25.7 Å². The van der Waals surface area contributed by atoms with E-state index >= 15 is 0 Å². The van der Waals surface area contributed by atoms with Gasteiger partial charge in [-0.1, -0.05) is 18.9 Å². The highest BCUT2D eigenvalue weighted by Gasteiger charge is 2.14. The van der Waals surface area contributed by atoms with Crippen LogP contribution in [-0.2, 0) is 11.3 Å². The topological polar surface area (TPSA) is 54.3 Å². The van der Waals surface area contributed by atoms with Gasteiger partial charge in [0.2, 0.25) is 0 Å². The van der Waals surface area contributed by atoms with E-state index in [9.17, 15) is 0 Å². The molecule has 2 rings (SSSR count). The number of rotatable bonds is 7. The molecule has 0 heterocycles. The average molecular weight is 274 g/mol. The Morgan fingerprint density at radius 3 is 2.85 bits per heavy atom. The lowest BCUT2D eigenvalue weighted by molar-refractivity contribution is 0.0603. The maximum absolute atomic E-state index is 9.03. The smallest absolute Gasteiger partial charge is 0.136 e. The van der Waals surface area contributed by atoms with Crippen molar-refractivity contribution in [2.45, 2.75) is 38.3 Å². The van der Waals surface area contributed by atoms with Crippen LogP contribution >= 0.6 is 0 Å². The molecule has 1 saturated carbocycles. The number of nitrogens with one attached hydrogen (secondary N) is 1. The third-order valence-electron chi connectivity index (χ3n) is 3.65. The van der Waals surface area contributed by atoms with Gasteiger partial charge in [0.15, 0.2) is 0 Å². The monoisotopic (exact) mass is 274 g/mol. The van der Waals surface area contributed by atoms with E-state index in [0.29, 0.717) is 17.4 Å². The molecule has 0 aliphatic heterocycles. The summed E-state index contributed by atoms with van der Waals surface area (Å²) in [4.78, 5) is 0. The molecule has 1 aliphatic carbocycles. The van der Waals surface area contributed by atoms with Crippen LogP contribution in [0.4, 0.5) is 0 Å². The molecule has 0 unspecified atom stereocenters. The van der Waals surface area contributed by atoms with Gasteiger partial charge in [-0.2, -0.15) is 5.26 Å². The SMILES string of the molecule is COc1ccc(CNCCOC2CCCC2)cc1C#N. The van der Waals surface area contributed by atoms with Gasteiger partial charge in [-0.25, -0.2) is 0 Å². The first kappa shape index (κ1) is 14.8. The molecule has 1 aliphatic rings. The first-order valence-corrected chi connectivity index (χ1v) is 7.23. The summed E-state index contributed by atoms with van der Waals surface area (Å²) < 4.78 is 10.9. The summed E-state index contributed by atoms with van der Waals surface area (Å²) in [6.45, 7) is 2.34. The Morgan fingerprint density at radius 1 is 1.35 bits per heavy atom. The van der Waals surface area contributed by atoms with Crippen LogP contribution in [0.25, 0.3) is 0 Å². The predicted octanol–water partition coefficient (Wildman–Crippen LogP) is 2.62. The molecule has 0 amide bonds. The molecular weight excluding hydrogens is 252 g/mol. The Labute approximate surface area is 120 Å².